The van der Waals surface area contributed by atoms with Crippen molar-refractivity contribution < 1.29 is 14.3 Å². The van der Waals surface area contributed by atoms with Crippen molar-refractivity contribution >= 4 is 29.1 Å². The molecule has 5 nitrogen and oxygen atoms in total. The second-order valence-corrected chi connectivity index (χ2v) is 7.07. The van der Waals surface area contributed by atoms with Crippen molar-refractivity contribution in [1.29, 1.82) is 0 Å². The summed E-state index contributed by atoms with van der Waals surface area (Å²) in [6, 6.07) is 18.1. The van der Waals surface area contributed by atoms with Crippen LogP contribution in [0.15, 0.2) is 66.9 Å². The van der Waals surface area contributed by atoms with Gasteiger partial charge in [-0.05, 0) is 42.0 Å². The molecular weight excluding hydrogens is 411 g/mol. The van der Waals surface area contributed by atoms with Gasteiger partial charge in [-0.25, -0.2) is 0 Å². The van der Waals surface area contributed by atoms with Gasteiger partial charge in [0, 0.05) is 12.7 Å². The number of carbonyl (C=O) groups excluding carboxylic acids is 1. The minimum atomic E-state index is -0.187. The molecular formula is C22H20Cl2N2O3. The number of para-hydroxylation sites is 2. The number of ether oxygens (including phenoxy) is 2. The van der Waals surface area contributed by atoms with E-state index in [1.807, 2.05) is 36.4 Å². The number of halogens is 2. The molecule has 3 rings (SSSR count). The van der Waals surface area contributed by atoms with Crippen LogP contribution in [0.1, 0.15) is 11.3 Å². The smallest absolute Gasteiger partial charge is 0.261 e. The van der Waals surface area contributed by atoms with E-state index in [9.17, 15) is 4.79 Å². The lowest BCUT2D eigenvalue weighted by atomic mass is 10.2. The van der Waals surface area contributed by atoms with Crippen molar-refractivity contribution in [2.45, 2.75) is 13.1 Å². The Morgan fingerprint density at radius 2 is 1.72 bits per heavy atom. The summed E-state index contributed by atoms with van der Waals surface area (Å²) in [5, 5.41) is 0.914. The lowest BCUT2D eigenvalue weighted by Crippen LogP contribution is -2.34. The highest BCUT2D eigenvalue weighted by atomic mass is 35.5. The number of hydrogen-bond acceptors (Lipinski definition) is 4. The van der Waals surface area contributed by atoms with Crippen LogP contribution in [-0.4, -0.2) is 29.5 Å². The van der Waals surface area contributed by atoms with Gasteiger partial charge in [-0.2, -0.15) is 0 Å². The number of pyridine rings is 1. The van der Waals surface area contributed by atoms with Crippen molar-refractivity contribution in [3.63, 3.8) is 0 Å². The summed E-state index contributed by atoms with van der Waals surface area (Å²) in [5.74, 6) is 0.893. The summed E-state index contributed by atoms with van der Waals surface area (Å²) in [7, 11) is 1.56. The van der Waals surface area contributed by atoms with Crippen LogP contribution in [0.25, 0.3) is 0 Å². The summed E-state index contributed by atoms with van der Waals surface area (Å²) < 4.78 is 11.0. The molecule has 1 heterocycles. The first kappa shape index (κ1) is 21.0. The molecule has 1 amide bonds. The van der Waals surface area contributed by atoms with E-state index in [4.69, 9.17) is 32.7 Å². The maximum Gasteiger partial charge on any atom is 0.261 e. The van der Waals surface area contributed by atoms with Gasteiger partial charge in [-0.1, -0.05) is 47.5 Å². The Morgan fingerprint density at radius 3 is 2.41 bits per heavy atom. The van der Waals surface area contributed by atoms with Crippen molar-refractivity contribution in [1.82, 2.24) is 9.88 Å². The number of amides is 1. The van der Waals surface area contributed by atoms with Gasteiger partial charge in [0.15, 0.2) is 18.1 Å². The first-order valence-corrected chi connectivity index (χ1v) is 9.70. The molecule has 0 saturated carbocycles. The number of methoxy groups -OCH3 is 1. The maximum absolute atomic E-state index is 13.0. The third-order valence-electron chi connectivity index (χ3n) is 4.21. The average molecular weight is 431 g/mol. The first-order chi connectivity index (χ1) is 14.1. The summed E-state index contributed by atoms with van der Waals surface area (Å²) >= 11 is 12.1. The number of aromatic nitrogens is 1. The fourth-order valence-electron chi connectivity index (χ4n) is 2.75. The highest BCUT2D eigenvalue weighted by molar-refractivity contribution is 6.42. The average Bonchev–Trinajstić information content (AvgIpc) is 2.75. The van der Waals surface area contributed by atoms with E-state index in [-0.39, 0.29) is 12.5 Å². The molecule has 0 aliphatic heterocycles. The lowest BCUT2D eigenvalue weighted by Gasteiger charge is -2.23. The SMILES string of the molecule is COc1ccccc1OCC(=O)N(Cc1ccc(Cl)c(Cl)c1)Cc1ccccn1. The van der Waals surface area contributed by atoms with Crippen LogP contribution in [0.4, 0.5) is 0 Å². The quantitative estimate of drug-likeness (QED) is 0.504. The predicted octanol–water partition coefficient (Wildman–Crippen LogP) is 5.00. The molecule has 0 radical (unpaired) electrons. The molecule has 0 aliphatic rings. The van der Waals surface area contributed by atoms with E-state index >= 15 is 0 Å². The molecule has 1 aromatic heterocycles. The zero-order valence-corrected chi connectivity index (χ0v) is 17.4. The van der Waals surface area contributed by atoms with Gasteiger partial charge in [0.1, 0.15) is 0 Å². The van der Waals surface area contributed by atoms with Crippen molar-refractivity contribution in [3.8, 4) is 11.5 Å². The molecule has 0 spiro atoms. The molecule has 29 heavy (non-hydrogen) atoms. The van der Waals surface area contributed by atoms with Crippen LogP contribution >= 0.6 is 23.2 Å². The molecule has 0 unspecified atom stereocenters. The third kappa shape index (κ3) is 5.86. The van der Waals surface area contributed by atoms with Crippen molar-refractivity contribution in [2.24, 2.45) is 0 Å². The summed E-state index contributed by atoms with van der Waals surface area (Å²) in [6.07, 6.45) is 1.70. The van der Waals surface area contributed by atoms with Gasteiger partial charge in [-0.15, -0.1) is 0 Å². The molecule has 3 aromatic rings. The lowest BCUT2D eigenvalue weighted by molar-refractivity contribution is -0.134. The Kier molecular flexibility index (Phi) is 7.33. The molecule has 0 saturated heterocycles. The Labute approximate surface area is 179 Å². The molecule has 0 aliphatic carbocycles. The highest BCUT2D eigenvalue weighted by Gasteiger charge is 2.17. The van der Waals surface area contributed by atoms with Crippen molar-refractivity contribution in [3.05, 3.63) is 88.2 Å². The minimum absolute atomic E-state index is 0.130. The number of hydrogen-bond donors (Lipinski definition) is 0. The highest BCUT2D eigenvalue weighted by Crippen LogP contribution is 2.26. The van der Waals surface area contributed by atoms with Crippen molar-refractivity contribution in [2.75, 3.05) is 13.7 Å². The second kappa shape index (κ2) is 10.1. The molecule has 2 aromatic carbocycles. The summed E-state index contributed by atoms with van der Waals surface area (Å²) in [5.41, 5.74) is 1.64. The van der Waals surface area contributed by atoms with Gasteiger partial charge in [0.25, 0.3) is 5.91 Å². The monoisotopic (exact) mass is 430 g/mol. The van der Waals surface area contributed by atoms with Crippen LogP contribution in [-0.2, 0) is 17.9 Å². The molecule has 0 atom stereocenters. The van der Waals surface area contributed by atoms with E-state index in [2.05, 4.69) is 4.98 Å². The number of carbonyl (C=O) groups is 1. The van der Waals surface area contributed by atoms with Crippen LogP contribution in [0.5, 0.6) is 11.5 Å². The van der Waals surface area contributed by atoms with Crippen LogP contribution in [0.3, 0.4) is 0 Å². The Balaban J connectivity index is 1.75. The predicted molar refractivity (Wildman–Crippen MR) is 113 cm³/mol. The van der Waals surface area contributed by atoms with E-state index in [0.29, 0.717) is 34.6 Å². The normalized spacial score (nSPS) is 10.4. The van der Waals surface area contributed by atoms with Gasteiger partial charge in [0.2, 0.25) is 0 Å². The zero-order valence-electron chi connectivity index (χ0n) is 15.8. The topological polar surface area (TPSA) is 51.7 Å². The fourth-order valence-corrected chi connectivity index (χ4v) is 3.07. The molecule has 150 valence electrons. The zero-order chi connectivity index (χ0) is 20.6. The summed E-state index contributed by atoms with van der Waals surface area (Å²) in [6.45, 7) is 0.561. The largest absolute Gasteiger partial charge is 0.493 e. The summed E-state index contributed by atoms with van der Waals surface area (Å²) in [4.78, 5) is 18.9. The van der Waals surface area contributed by atoms with Crippen LogP contribution < -0.4 is 9.47 Å². The number of rotatable bonds is 8. The van der Waals surface area contributed by atoms with Gasteiger partial charge in [0.05, 0.1) is 29.4 Å². The van der Waals surface area contributed by atoms with E-state index in [0.717, 1.165) is 11.3 Å². The molecule has 0 N–H and O–H groups in total. The third-order valence-corrected chi connectivity index (χ3v) is 4.95. The van der Waals surface area contributed by atoms with E-state index in [1.165, 1.54) is 0 Å². The molecule has 0 bridgehead atoms. The Morgan fingerprint density at radius 1 is 0.966 bits per heavy atom. The van der Waals surface area contributed by atoms with Gasteiger partial charge >= 0.3 is 0 Å². The fraction of sp³-hybridized carbons (Fsp3) is 0.182. The Bertz CT molecular complexity index is 967. The number of nitrogens with zero attached hydrogens (tertiary/aromatic N) is 2. The van der Waals surface area contributed by atoms with Gasteiger partial charge in [-0.3, -0.25) is 9.78 Å². The van der Waals surface area contributed by atoms with Gasteiger partial charge < -0.3 is 14.4 Å². The standard InChI is InChI=1S/C22H20Cl2N2O3/c1-28-20-7-2-3-8-21(20)29-15-22(27)26(14-17-6-4-5-11-25-17)13-16-9-10-18(23)19(24)12-16/h2-12H,13-15H2,1H3. The molecule has 7 heteroatoms. The number of benzene rings is 2. The second-order valence-electron chi connectivity index (χ2n) is 6.26. The first-order valence-electron chi connectivity index (χ1n) is 8.94. The molecule has 0 fully saturated rings. The van der Waals surface area contributed by atoms with Crippen LogP contribution in [0, 0.1) is 0 Å². The van der Waals surface area contributed by atoms with E-state index < -0.39 is 0 Å². The Hall–Kier alpha value is -2.76. The minimum Gasteiger partial charge on any atom is -0.493 e. The maximum atomic E-state index is 13.0. The van der Waals surface area contributed by atoms with E-state index in [1.54, 1.807) is 42.5 Å². The van der Waals surface area contributed by atoms with Crippen LogP contribution in [0.2, 0.25) is 10.0 Å².